The Labute approximate surface area is 98.4 Å². The van der Waals surface area contributed by atoms with Crippen LogP contribution in [0.25, 0.3) is 0 Å². The van der Waals surface area contributed by atoms with E-state index in [1.165, 1.54) is 12.8 Å². The quantitative estimate of drug-likeness (QED) is 0.749. The van der Waals surface area contributed by atoms with E-state index in [9.17, 15) is 4.79 Å². The first-order valence-electron chi connectivity index (χ1n) is 6.62. The van der Waals surface area contributed by atoms with Crippen molar-refractivity contribution in [2.45, 2.75) is 52.0 Å². The van der Waals surface area contributed by atoms with Crippen LogP contribution in [0.3, 0.4) is 0 Å². The number of hydrogen-bond acceptors (Lipinski definition) is 2. The van der Waals surface area contributed by atoms with Crippen LogP contribution < -0.4 is 10.6 Å². The molecule has 3 nitrogen and oxygen atoms in total. The van der Waals surface area contributed by atoms with E-state index in [4.69, 9.17) is 0 Å². The van der Waals surface area contributed by atoms with Crippen molar-refractivity contribution in [1.82, 2.24) is 10.6 Å². The molecule has 0 aromatic carbocycles. The number of piperidine rings is 1. The van der Waals surface area contributed by atoms with E-state index < -0.39 is 0 Å². The van der Waals surface area contributed by atoms with Crippen molar-refractivity contribution in [3.05, 3.63) is 0 Å². The topological polar surface area (TPSA) is 41.1 Å². The fourth-order valence-corrected chi connectivity index (χ4v) is 3.01. The Kier molecular flexibility index (Phi) is 3.53. The Morgan fingerprint density at radius 3 is 2.62 bits per heavy atom. The molecule has 2 atom stereocenters. The lowest BCUT2D eigenvalue weighted by atomic mass is 9.87. The van der Waals surface area contributed by atoms with Gasteiger partial charge in [-0.1, -0.05) is 26.7 Å². The Bertz CT molecular complexity index is 259. The summed E-state index contributed by atoms with van der Waals surface area (Å²) >= 11 is 0. The van der Waals surface area contributed by atoms with Gasteiger partial charge in [-0.2, -0.15) is 0 Å². The third-order valence-electron chi connectivity index (χ3n) is 4.16. The predicted molar refractivity (Wildman–Crippen MR) is 65.2 cm³/mol. The second-order valence-corrected chi connectivity index (χ2v) is 5.94. The molecule has 1 heterocycles. The summed E-state index contributed by atoms with van der Waals surface area (Å²) in [6.07, 6.45) is 5.67. The SMILES string of the molecule is CC1CNCC(NC(=O)C2(C)CCCC2)C1. The lowest BCUT2D eigenvalue weighted by Gasteiger charge is -2.31. The molecule has 1 saturated carbocycles. The minimum atomic E-state index is -0.0827. The monoisotopic (exact) mass is 224 g/mol. The van der Waals surface area contributed by atoms with Crippen molar-refractivity contribution in [3.63, 3.8) is 0 Å². The molecule has 2 fully saturated rings. The van der Waals surface area contributed by atoms with Gasteiger partial charge in [-0.15, -0.1) is 0 Å². The van der Waals surface area contributed by atoms with Gasteiger partial charge in [0.1, 0.15) is 0 Å². The maximum atomic E-state index is 12.2. The maximum Gasteiger partial charge on any atom is 0.226 e. The molecular formula is C13H24N2O. The summed E-state index contributed by atoms with van der Waals surface area (Å²) in [6, 6.07) is 0.341. The maximum absolute atomic E-state index is 12.2. The van der Waals surface area contributed by atoms with Crippen molar-refractivity contribution in [2.75, 3.05) is 13.1 Å². The van der Waals surface area contributed by atoms with E-state index in [0.717, 1.165) is 32.4 Å². The standard InChI is InChI=1S/C13H24N2O/c1-10-7-11(9-14-8-10)15-12(16)13(2)5-3-4-6-13/h10-11,14H,3-9H2,1-2H3,(H,15,16). The molecule has 0 aromatic rings. The average Bonchev–Trinajstić information content (AvgIpc) is 2.66. The van der Waals surface area contributed by atoms with Gasteiger partial charge >= 0.3 is 0 Å². The van der Waals surface area contributed by atoms with Crippen molar-refractivity contribution < 1.29 is 4.79 Å². The molecule has 0 spiro atoms. The third-order valence-corrected chi connectivity index (χ3v) is 4.16. The molecule has 3 heteroatoms. The van der Waals surface area contributed by atoms with Crippen LogP contribution in [0.5, 0.6) is 0 Å². The predicted octanol–water partition coefficient (Wildman–Crippen LogP) is 1.68. The lowest BCUT2D eigenvalue weighted by Crippen LogP contribution is -2.51. The number of amides is 1. The Morgan fingerprint density at radius 1 is 1.31 bits per heavy atom. The van der Waals surface area contributed by atoms with Crippen LogP contribution >= 0.6 is 0 Å². The van der Waals surface area contributed by atoms with Crippen molar-refractivity contribution >= 4 is 5.91 Å². The second kappa shape index (κ2) is 4.74. The molecule has 0 aromatic heterocycles. The number of carbonyl (C=O) groups is 1. The van der Waals surface area contributed by atoms with E-state index in [2.05, 4.69) is 24.5 Å². The van der Waals surface area contributed by atoms with Gasteiger partial charge in [0.05, 0.1) is 0 Å². The summed E-state index contributed by atoms with van der Waals surface area (Å²) in [5, 5.41) is 6.61. The van der Waals surface area contributed by atoms with E-state index in [1.54, 1.807) is 0 Å². The molecule has 16 heavy (non-hydrogen) atoms. The van der Waals surface area contributed by atoms with Crippen molar-refractivity contribution in [1.29, 1.82) is 0 Å². The molecule has 1 saturated heterocycles. The molecule has 0 bridgehead atoms. The van der Waals surface area contributed by atoms with E-state index in [1.807, 2.05) is 0 Å². The van der Waals surface area contributed by atoms with Gasteiger partial charge in [-0.3, -0.25) is 4.79 Å². The summed E-state index contributed by atoms with van der Waals surface area (Å²) in [5.74, 6) is 0.960. The summed E-state index contributed by atoms with van der Waals surface area (Å²) in [4.78, 5) is 12.2. The first kappa shape index (κ1) is 11.9. The van der Waals surface area contributed by atoms with Gasteiger partial charge in [0.15, 0.2) is 0 Å². The number of carbonyl (C=O) groups excluding carboxylic acids is 1. The molecule has 2 aliphatic rings. The van der Waals surface area contributed by atoms with E-state index >= 15 is 0 Å². The highest BCUT2D eigenvalue weighted by Crippen LogP contribution is 2.37. The molecule has 1 aliphatic heterocycles. The van der Waals surface area contributed by atoms with Gasteiger partial charge in [-0.05, 0) is 31.7 Å². The van der Waals surface area contributed by atoms with Crippen LogP contribution in [0.1, 0.15) is 46.0 Å². The zero-order valence-corrected chi connectivity index (χ0v) is 10.5. The molecule has 1 aliphatic carbocycles. The zero-order valence-electron chi connectivity index (χ0n) is 10.5. The molecule has 2 rings (SSSR count). The Hall–Kier alpha value is -0.570. The normalized spacial score (nSPS) is 33.6. The van der Waals surface area contributed by atoms with Gasteiger partial charge in [0.25, 0.3) is 0 Å². The third kappa shape index (κ3) is 2.57. The molecule has 2 N–H and O–H groups in total. The highest BCUT2D eigenvalue weighted by molar-refractivity contribution is 5.82. The summed E-state index contributed by atoms with van der Waals surface area (Å²) in [7, 11) is 0. The number of nitrogens with one attached hydrogen (secondary N) is 2. The minimum absolute atomic E-state index is 0.0827. The largest absolute Gasteiger partial charge is 0.352 e. The molecule has 0 radical (unpaired) electrons. The minimum Gasteiger partial charge on any atom is -0.352 e. The molecule has 92 valence electrons. The van der Waals surface area contributed by atoms with Gasteiger partial charge in [0.2, 0.25) is 5.91 Å². The Balaban J connectivity index is 1.86. The number of rotatable bonds is 2. The van der Waals surface area contributed by atoms with Crippen LogP contribution in [-0.4, -0.2) is 25.0 Å². The van der Waals surface area contributed by atoms with Crippen LogP contribution in [0.15, 0.2) is 0 Å². The zero-order chi connectivity index (χ0) is 11.6. The second-order valence-electron chi connectivity index (χ2n) is 5.94. The van der Waals surface area contributed by atoms with Gasteiger partial charge < -0.3 is 10.6 Å². The van der Waals surface area contributed by atoms with Crippen molar-refractivity contribution in [3.8, 4) is 0 Å². The fourth-order valence-electron chi connectivity index (χ4n) is 3.01. The molecule has 2 unspecified atom stereocenters. The summed E-state index contributed by atoms with van der Waals surface area (Å²) in [5.41, 5.74) is -0.0827. The highest BCUT2D eigenvalue weighted by Gasteiger charge is 2.37. The fraction of sp³-hybridized carbons (Fsp3) is 0.923. The summed E-state index contributed by atoms with van der Waals surface area (Å²) < 4.78 is 0. The van der Waals surface area contributed by atoms with Crippen LogP contribution in [-0.2, 0) is 4.79 Å². The van der Waals surface area contributed by atoms with E-state index in [-0.39, 0.29) is 11.3 Å². The average molecular weight is 224 g/mol. The van der Waals surface area contributed by atoms with Crippen LogP contribution in [0, 0.1) is 11.3 Å². The Morgan fingerprint density at radius 2 is 2.00 bits per heavy atom. The first-order chi connectivity index (χ1) is 7.60. The first-order valence-corrected chi connectivity index (χ1v) is 6.62. The van der Waals surface area contributed by atoms with Crippen molar-refractivity contribution in [2.24, 2.45) is 11.3 Å². The van der Waals surface area contributed by atoms with Crippen LogP contribution in [0.4, 0.5) is 0 Å². The summed E-state index contributed by atoms with van der Waals surface area (Å²) in [6.45, 7) is 6.38. The van der Waals surface area contributed by atoms with Gasteiger partial charge in [-0.25, -0.2) is 0 Å². The smallest absolute Gasteiger partial charge is 0.226 e. The lowest BCUT2D eigenvalue weighted by molar-refractivity contribution is -0.130. The van der Waals surface area contributed by atoms with Gasteiger partial charge in [0, 0.05) is 18.0 Å². The van der Waals surface area contributed by atoms with E-state index in [0.29, 0.717) is 12.0 Å². The molecule has 1 amide bonds. The highest BCUT2D eigenvalue weighted by atomic mass is 16.2. The van der Waals surface area contributed by atoms with Crippen LogP contribution in [0.2, 0.25) is 0 Å². The number of hydrogen-bond donors (Lipinski definition) is 2. The molecular weight excluding hydrogens is 200 g/mol.